The highest BCUT2D eigenvalue weighted by atomic mass is 16.3. The standard InChI is InChI=1S/C23H41N5O.C2H6/c1-25-9-6-10-27(12-11-25)14-20-15-28(17-22(20)18-29)16-21-13-26(2)24-23(21)19-7-4-3-5-8-19;1-2/h13,19-20,22,29H,3-12,14-18H2,1-2H3;1-2H3. The summed E-state index contributed by atoms with van der Waals surface area (Å²) in [4.78, 5) is 7.66. The van der Waals surface area contributed by atoms with Crippen LogP contribution in [0, 0.1) is 11.8 Å². The van der Waals surface area contributed by atoms with E-state index in [0.29, 0.717) is 24.4 Å². The second kappa shape index (κ2) is 12.3. The topological polar surface area (TPSA) is 47.8 Å². The maximum atomic E-state index is 10.0. The average molecular weight is 434 g/mol. The molecule has 0 spiro atoms. The van der Waals surface area contributed by atoms with Gasteiger partial charge in [0.1, 0.15) is 0 Å². The zero-order valence-corrected chi connectivity index (χ0v) is 20.6. The van der Waals surface area contributed by atoms with Crippen LogP contribution in [0.1, 0.15) is 69.5 Å². The van der Waals surface area contributed by atoms with Crippen molar-refractivity contribution >= 4 is 0 Å². The van der Waals surface area contributed by atoms with Crippen LogP contribution in [0.4, 0.5) is 0 Å². The predicted octanol–water partition coefficient (Wildman–Crippen LogP) is 3.17. The van der Waals surface area contributed by atoms with E-state index in [2.05, 4.69) is 35.0 Å². The SMILES string of the molecule is CC.CN1CCCN(CC2CN(Cc3cn(C)nc3C3CCCCC3)CC2CO)CC1. The second-order valence-corrected chi connectivity index (χ2v) is 9.90. The molecule has 1 aromatic heterocycles. The third-order valence-corrected chi connectivity index (χ3v) is 7.51. The first-order valence-corrected chi connectivity index (χ1v) is 12.9. The van der Waals surface area contributed by atoms with Crippen LogP contribution in [0.2, 0.25) is 0 Å². The van der Waals surface area contributed by atoms with Gasteiger partial charge < -0.3 is 14.9 Å². The molecule has 2 saturated heterocycles. The van der Waals surface area contributed by atoms with Crippen molar-refractivity contribution in [2.45, 2.75) is 64.8 Å². The molecular weight excluding hydrogens is 386 g/mol. The molecule has 3 fully saturated rings. The Hall–Kier alpha value is -0.950. The number of likely N-dealkylation sites (tertiary alicyclic amines) is 1. The number of aryl methyl sites for hydroxylation is 1. The third kappa shape index (κ3) is 6.77. The molecule has 1 N–H and O–H groups in total. The molecule has 6 heteroatoms. The van der Waals surface area contributed by atoms with Gasteiger partial charge in [0.2, 0.25) is 0 Å². The van der Waals surface area contributed by atoms with Crippen LogP contribution in [0.25, 0.3) is 0 Å². The number of hydrogen-bond acceptors (Lipinski definition) is 5. The Kier molecular flexibility index (Phi) is 9.82. The van der Waals surface area contributed by atoms with Gasteiger partial charge in [0.05, 0.1) is 5.69 Å². The van der Waals surface area contributed by atoms with Crippen LogP contribution in [-0.2, 0) is 13.6 Å². The lowest BCUT2D eigenvalue weighted by atomic mass is 9.85. The Balaban J connectivity index is 0.00000132. The molecule has 2 atom stereocenters. The quantitative estimate of drug-likeness (QED) is 0.747. The van der Waals surface area contributed by atoms with Crippen LogP contribution in [-0.4, -0.2) is 89.1 Å². The van der Waals surface area contributed by atoms with Crippen molar-refractivity contribution in [3.05, 3.63) is 17.5 Å². The van der Waals surface area contributed by atoms with Gasteiger partial charge in [0.25, 0.3) is 0 Å². The zero-order valence-electron chi connectivity index (χ0n) is 20.6. The number of likely N-dealkylation sites (N-methyl/N-ethyl adjacent to an activating group) is 1. The van der Waals surface area contributed by atoms with Gasteiger partial charge in [0.15, 0.2) is 0 Å². The minimum Gasteiger partial charge on any atom is -0.396 e. The van der Waals surface area contributed by atoms with Crippen molar-refractivity contribution in [1.82, 2.24) is 24.5 Å². The summed E-state index contributed by atoms with van der Waals surface area (Å²) < 4.78 is 2.02. The molecule has 1 aromatic rings. The summed E-state index contributed by atoms with van der Waals surface area (Å²) in [5, 5.41) is 14.9. The van der Waals surface area contributed by atoms with E-state index in [-0.39, 0.29) is 0 Å². The van der Waals surface area contributed by atoms with Gasteiger partial charge in [-0.3, -0.25) is 9.58 Å². The van der Waals surface area contributed by atoms with Gasteiger partial charge in [-0.2, -0.15) is 5.10 Å². The van der Waals surface area contributed by atoms with E-state index in [1.807, 2.05) is 18.5 Å². The summed E-state index contributed by atoms with van der Waals surface area (Å²) in [6.07, 6.45) is 10.2. The van der Waals surface area contributed by atoms with Crippen molar-refractivity contribution in [3.63, 3.8) is 0 Å². The first-order valence-electron chi connectivity index (χ1n) is 12.9. The predicted molar refractivity (Wildman–Crippen MR) is 128 cm³/mol. The average Bonchev–Trinajstić information content (AvgIpc) is 3.28. The van der Waals surface area contributed by atoms with Crippen LogP contribution in [0.5, 0.6) is 0 Å². The zero-order chi connectivity index (χ0) is 22.2. The highest BCUT2D eigenvalue weighted by Crippen LogP contribution is 2.35. The number of hydrogen-bond donors (Lipinski definition) is 1. The summed E-state index contributed by atoms with van der Waals surface area (Å²) in [6.45, 7) is 13.3. The van der Waals surface area contributed by atoms with E-state index in [1.54, 1.807) is 0 Å². The lowest BCUT2D eigenvalue weighted by Gasteiger charge is -2.26. The first-order chi connectivity index (χ1) is 15.1. The molecule has 0 radical (unpaired) electrons. The largest absolute Gasteiger partial charge is 0.396 e. The van der Waals surface area contributed by atoms with Crippen molar-refractivity contribution in [2.24, 2.45) is 18.9 Å². The smallest absolute Gasteiger partial charge is 0.0700 e. The summed E-state index contributed by atoms with van der Waals surface area (Å²) in [5.41, 5.74) is 2.78. The number of nitrogens with zero attached hydrogens (tertiary/aromatic N) is 5. The number of aliphatic hydroxyl groups excluding tert-OH is 1. The highest BCUT2D eigenvalue weighted by Gasteiger charge is 2.34. The minimum absolute atomic E-state index is 0.317. The molecule has 4 rings (SSSR count). The molecule has 2 aliphatic heterocycles. The fourth-order valence-corrected chi connectivity index (χ4v) is 5.83. The number of aliphatic hydroxyl groups is 1. The molecule has 2 unspecified atom stereocenters. The molecule has 178 valence electrons. The lowest BCUT2D eigenvalue weighted by Crippen LogP contribution is -2.36. The fraction of sp³-hybridized carbons (Fsp3) is 0.880. The molecule has 3 heterocycles. The summed E-state index contributed by atoms with van der Waals surface area (Å²) in [5.74, 6) is 1.64. The van der Waals surface area contributed by atoms with Gasteiger partial charge in [-0.1, -0.05) is 33.1 Å². The van der Waals surface area contributed by atoms with E-state index in [1.165, 1.54) is 76.0 Å². The van der Waals surface area contributed by atoms with E-state index in [9.17, 15) is 5.11 Å². The van der Waals surface area contributed by atoms with Crippen molar-refractivity contribution in [1.29, 1.82) is 0 Å². The molecule has 1 aliphatic carbocycles. The molecule has 6 nitrogen and oxygen atoms in total. The van der Waals surface area contributed by atoms with Crippen LogP contribution < -0.4 is 0 Å². The normalized spacial score (nSPS) is 27.1. The number of rotatable bonds is 6. The van der Waals surface area contributed by atoms with Gasteiger partial charge in [-0.25, -0.2) is 0 Å². The Bertz CT molecular complexity index is 642. The first kappa shape index (κ1) is 24.7. The monoisotopic (exact) mass is 433 g/mol. The molecule has 1 saturated carbocycles. The summed E-state index contributed by atoms with van der Waals surface area (Å²) in [6, 6.07) is 0. The van der Waals surface area contributed by atoms with Gasteiger partial charge in [0, 0.05) is 70.6 Å². The van der Waals surface area contributed by atoms with Crippen molar-refractivity contribution in [3.8, 4) is 0 Å². The maximum absolute atomic E-state index is 10.0. The highest BCUT2D eigenvalue weighted by molar-refractivity contribution is 5.22. The van der Waals surface area contributed by atoms with Crippen molar-refractivity contribution in [2.75, 3.05) is 59.5 Å². The van der Waals surface area contributed by atoms with Crippen LogP contribution in [0.15, 0.2) is 6.20 Å². The Labute approximate surface area is 190 Å². The van der Waals surface area contributed by atoms with Gasteiger partial charge in [-0.15, -0.1) is 0 Å². The Morgan fingerprint density at radius 2 is 1.65 bits per heavy atom. The van der Waals surface area contributed by atoms with Gasteiger partial charge in [-0.05, 0) is 51.2 Å². The lowest BCUT2D eigenvalue weighted by molar-refractivity contribution is 0.165. The Morgan fingerprint density at radius 3 is 2.39 bits per heavy atom. The van der Waals surface area contributed by atoms with E-state index in [0.717, 1.165) is 26.2 Å². The van der Waals surface area contributed by atoms with E-state index >= 15 is 0 Å². The number of aromatic nitrogens is 2. The summed E-state index contributed by atoms with van der Waals surface area (Å²) >= 11 is 0. The molecule has 0 aromatic carbocycles. The van der Waals surface area contributed by atoms with E-state index in [4.69, 9.17) is 5.10 Å². The fourth-order valence-electron chi connectivity index (χ4n) is 5.83. The summed E-state index contributed by atoms with van der Waals surface area (Å²) in [7, 11) is 4.30. The van der Waals surface area contributed by atoms with E-state index < -0.39 is 0 Å². The maximum Gasteiger partial charge on any atom is 0.0700 e. The third-order valence-electron chi connectivity index (χ3n) is 7.51. The molecule has 0 amide bonds. The Morgan fingerprint density at radius 1 is 0.903 bits per heavy atom. The van der Waals surface area contributed by atoms with Crippen molar-refractivity contribution < 1.29 is 5.11 Å². The molecular formula is C25H47N5O. The van der Waals surface area contributed by atoms with Gasteiger partial charge >= 0.3 is 0 Å². The van der Waals surface area contributed by atoms with Crippen LogP contribution >= 0.6 is 0 Å². The molecule has 0 bridgehead atoms. The second-order valence-electron chi connectivity index (χ2n) is 9.90. The van der Waals surface area contributed by atoms with Crippen LogP contribution in [0.3, 0.4) is 0 Å². The minimum atomic E-state index is 0.317. The molecule has 31 heavy (non-hydrogen) atoms. The molecule has 3 aliphatic rings.